The molecule has 6 heteroatoms. The zero-order valence-electron chi connectivity index (χ0n) is 16.0. The van der Waals surface area contributed by atoms with Gasteiger partial charge in [-0.15, -0.1) is 0 Å². The van der Waals surface area contributed by atoms with E-state index in [1.54, 1.807) is 13.0 Å². The predicted octanol–water partition coefficient (Wildman–Crippen LogP) is 2.86. The Bertz CT molecular complexity index is 657. The van der Waals surface area contributed by atoms with Crippen molar-refractivity contribution < 1.29 is 19.1 Å². The van der Waals surface area contributed by atoms with E-state index in [0.717, 1.165) is 18.4 Å². The van der Waals surface area contributed by atoms with Crippen LogP contribution in [0, 0.1) is 5.92 Å². The molecule has 3 rings (SSSR count). The van der Waals surface area contributed by atoms with Gasteiger partial charge < -0.3 is 20.5 Å². The van der Waals surface area contributed by atoms with Crippen LogP contribution in [0.2, 0.25) is 0 Å². The Kier molecular flexibility index (Phi) is 6.72. The molecule has 1 saturated carbocycles. The summed E-state index contributed by atoms with van der Waals surface area (Å²) in [5.74, 6) is 0.664. The van der Waals surface area contributed by atoms with E-state index < -0.39 is 5.91 Å². The Labute approximate surface area is 160 Å². The fourth-order valence-corrected chi connectivity index (χ4v) is 4.35. The first-order valence-corrected chi connectivity index (χ1v) is 9.95. The first kappa shape index (κ1) is 19.7. The van der Waals surface area contributed by atoms with Crippen molar-refractivity contribution >= 4 is 11.8 Å². The van der Waals surface area contributed by atoms with Gasteiger partial charge in [0.05, 0.1) is 12.2 Å². The van der Waals surface area contributed by atoms with E-state index >= 15 is 0 Å². The van der Waals surface area contributed by atoms with Crippen molar-refractivity contribution in [1.29, 1.82) is 0 Å². The summed E-state index contributed by atoms with van der Waals surface area (Å²) in [5.41, 5.74) is 6.16. The average Bonchev–Trinajstić information content (AvgIpc) is 2.66. The highest BCUT2D eigenvalue weighted by Gasteiger charge is 2.35. The van der Waals surface area contributed by atoms with Crippen LogP contribution in [0.15, 0.2) is 24.3 Å². The molecule has 2 fully saturated rings. The maximum absolute atomic E-state index is 11.6. The first-order valence-electron chi connectivity index (χ1n) is 9.95. The largest absolute Gasteiger partial charge is 0.484 e. The number of carbonyl (C=O) groups excluding carboxylic acids is 2. The van der Waals surface area contributed by atoms with Crippen molar-refractivity contribution in [1.82, 2.24) is 5.32 Å². The van der Waals surface area contributed by atoms with Gasteiger partial charge in [-0.1, -0.05) is 31.4 Å². The molecular formula is C21H30N2O4. The summed E-state index contributed by atoms with van der Waals surface area (Å²) in [6.45, 7) is 1.42. The maximum atomic E-state index is 11.6. The van der Waals surface area contributed by atoms with Crippen LogP contribution >= 0.6 is 0 Å². The molecule has 0 bridgehead atoms. The Morgan fingerprint density at radius 3 is 2.70 bits per heavy atom. The molecule has 6 nitrogen and oxygen atoms in total. The van der Waals surface area contributed by atoms with Crippen LogP contribution in [-0.2, 0) is 14.3 Å². The number of primary amides is 1. The van der Waals surface area contributed by atoms with Gasteiger partial charge in [0.2, 0.25) is 5.91 Å². The smallest absolute Gasteiger partial charge is 0.255 e. The van der Waals surface area contributed by atoms with Gasteiger partial charge >= 0.3 is 0 Å². The molecule has 0 spiro atoms. The second kappa shape index (κ2) is 9.22. The van der Waals surface area contributed by atoms with Crippen LogP contribution in [0.3, 0.4) is 0 Å². The summed E-state index contributed by atoms with van der Waals surface area (Å²) in [6, 6.07) is 7.73. The van der Waals surface area contributed by atoms with E-state index in [0.29, 0.717) is 11.7 Å². The standard InChI is InChI=1S/C21H30N2O4/c1-14(24)23-17-11-19(15-6-3-2-4-7-15)27-20(12-17)16-8-5-9-18(10-16)26-13-21(22)25/h5,8-10,15,17,19-20H,2-4,6-7,11-13H2,1H3,(H2,22,25)(H,23,24)/t17-,19-,20+/m1/s1. The molecule has 148 valence electrons. The molecule has 1 aromatic rings. The van der Waals surface area contributed by atoms with Crippen LogP contribution in [0.1, 0.15) is 63.5 Å². The number of hydrogen-bond acceptors (Lipinski definition) is 4. The van der Waals surface area contributed by atoms with Crippen molar-refractivity contribution in [2.45, 2.75) is 70.1 Å². The molecule has 3 N–H and O–H groups in total. The SMILES string of the molecule is CC(=O)N[C@H]1C[C@@H](c2cccc(OCC(N)=O)c2)O[C@@H](C2CCCCC2)C1. The predicted molar refractivity (Wildman–Crippen MR) is 102 cm³/mol. The van der Waals surface area contributed by atoms with Gasteiger partial charge in [-0.3, -0.25) is 9.59 Å². The summed E-state index contributed by atoms with van der Waals surface area (Å²) in [4.78, 5) is 22.6. The lowest BCUT2D eigenvalue weighted by Crippen LogP contribution is -2.44. The van der Waals surface area contributed by atoms with E-state index in [4.69, 9.17) is 15.2 Å². The number of benzene rings is 1. The summed E-state index contributed by atoms with van der Waals surface area (Å²) in [6.07, 6.45) is 7.91. The monoisotopic (exact) mass is 374 g/mol. The molecule has 0 unspecified atom stereocenters. The number of carbonyl (C=O) groups is 2. The van der Waals surface area contributed by atoms with Gasteiger partial charge in [0.25, 0.3) is 5.91 Å². The molecule has 1 saturated heterocycles. The molecule has 1 heterocycles. The van der Waals surface area contributed by atoms with E-state index in [1.807, 2.05) is 18.2 Å². The second-order valence-electron chi connectivity index (χ2n) is 7.76. The number of nitrogens with two attached hydrogens (primary N) is 1. The Hall–Kier alpha value is -2.08. The quantitative estimate of drug-likeness (QED) is 0.801. The van der Waals surface area contributed by atoms with Gasteiger partial charge in [0.1, 0.15) is 5.75 Å². The zero-order chi connectivity index (χ0) is 19.2. The van der Waals surface area contributed by atoms with Gasteiger partial charge in [-0.25, -0.2) is 0 Å². The number of nitrogens with one attached hydrogen (secondary N) is 1. The summed E-state index contributed by atoms with van der Waals surface area (Å²) in [7, 11) is 0. The topological polar surface area (TPSA) is 90.6 Å². The minimum Gasteiger partial charge on any atom is -0.484 e. The van der Waals surface area contributed by atoms with Gasteiger partial charge in [-0.05, 0) is 49.3 Å². The van der Waals surface area contributed by atoms with Crippen molar-refractivity contribution in [3.63, 3.8) is 0 Å². The zero-order valence-corrected chi connectivity index (χ0v) is 16.0. The first-order chi connectivity index (χ1) is 13.0. The molecule has 2 amide bonds. The number of hydrogen-bond donors (Lipinski definition) is 2. The van der Waals surface area contributed by atoms with Crippen molar-refractivity contribution in [2.75, 3.05) is 6.61 Å². The molecule has 1 aromatic carbocycles. The van der Waals surface area contributed by atoms with Crippen molar-refractivity contribution in [3.8, 4) is 5.75 Å². The molecular weight excluding hydrogens is 344 g/mol. The number of rotatable bonds is 6. The fourth-order valence-electron chi connectivity index (χ4n) is 4.35. The van der Waals surface area contributed by atoms with Crippen LogP contribution in [-0.4, -0.2) is 30.6 Å². The molecule has 3 atom stereocenters. The van der Waals surface area contributed by atoms with Crippen molar-refractivity contribution in [2.24, 2.45) is 11.7 Å². The van der Waals surface area contributed by atoms with Crippen LogP contribution < -0.4 is 15.8 Å². The Balaban J connectivity index is 1.74. The molecule has 27 heavy (non-hydrogen) atoms. The molecule has 2 aliphatic rings. The highest BCUT2D eigenvalue weighted by atomic mass is 16.5. The summed E-state index contributed by atoms with van der Waals surface area (Å²) in [5, 5.41) is 3.09. The summed E-state index contributed by atoms with van der Waals surface area (Å²) >= 11 is 0. The third-order valence-electron chi connectivity index (χ3n) is 5.55. The normalized spacial score (nSPS) is 26.3. The molecule has 1 aliphatic carbocycles. The lowest BCUT2D eigenvalue weighted by molar-refractivity contribution is -0.124. The lowest BCUT2D eigenvalue weighted by atomic mass is 9.80. The van der Waals surface area contributed by atoms with E-state index in [1.165, 1.54) is 32.1 Å². The molecule has 1 aliphatic heterocycles. The second-order valence-corrected chi connectivity index (χ2v) is 7.76. The van der Waals surface area contributed by atoms with Gasteiger partial charge in [-0.2, -0.15) is 0 Å². The van der Waals surface area contributed by atoms with Crippen LogP contribution in [0.5, 0.6) is 5.75 Å². The Morgan fingerprint density at radius 1 is 1.22 bits per heavy atom. The highest BCUT2D eigenvalue weighted by Crippen LogP contribution is 2.39. The molecule has 0 aromatic heterocycles. The average molecular weight is 374 g/mol. The summed E-state index contributed by atoms with van der Waals surface area (Å²) < 4.78 is 11.9. The number of amides is 2. The van der Waals surface area contributed by atoms with Gasteiger partial charge in [0, 0.05) is 13.0 Å². The van der Waals surface area contributed by atoms with E-state index in [9.17, 15) is 9.59 Å². The lowest BCUT2D eigenvalue weighted by Gasteiger charge is -2.40. The minimum absolute atomic E-state index is 0.00147. The maximum Gasteiger partial charge on any atom is 0.255 e. The van der Waals surface area contributed by atoms with E-state index in [-0.39, 0.29) is 30.8 Å². The van der Waals surface area contributed by atoms with E-state index in [2.05, 4.69) is 5.32 Å². The number of ether oxygens (including phenoxy) is 2. The highest BCUT2D eigenvalue weighted by molar-refractivity contribution is 5.75. The molecule has 0 radical (unpaired) electrons. The third-order valence-corrected chi connectivity index (χ3v) is 5.55. The van der Waals surface area contributed by atoms with Crippen LogP contribution in [0.4, 0.5) is 0 Å². The van der Waals surface area contributed by atoms with Crippen LogP contribution in [0.25, 0.3) is 0 Å². The minimum atomic E-state index is -0.502. The van der Waals surface area contributed by atoms with Gasteiger partial charge in [0.15, 0.2) is 6.61 Å². The Morgan fingerprint density at radius 2 is 2.00 bits per heavy atom. The third kappa shape index (κ3) is 5.70. The van der Waals surface area contributed by atoms with Crippen molar-refractivity contribution in [3.05, 3.63) is 29.8 Å². The fraction of sp³-hybridized carbons (Fsp3) is 0.619.